The van der Waals surface area contributed by atoms with E-state index >= 15 is 0 Å². The van der Waals surface area contributed by atoms with Gasteiger partial charge in [0.15, 0.2) is 0 Å². The van der Waals surface area contributed by atoms with Gasteiger partial charge in [-0.2, -0.15) is 0 Å². The standard InChI is InChI=1S/C10H15N3.3ClH/c1-8(11)4-3-5-10-7-12-6-9(2)13-10;;;/h3,5-8H,4,11H2,1-2H3;3*1H/b5-3+;;;/t8-;;;/m0.../s1. The van der Waals surface area contributed by atoms with Crippen LogP contribution in [0.2, 0.25) is 0 Å². The van der Waals surface area contributed by atoms with Gasteiger partial charge in [0.1, 0.15) is 0 Å². The van der Waals surface area contributed by atoms with Gasteiger partial charge in [-0.05, 0) is 26.3 Å². The third kappa shape index (κ3) is 8.92. The monoisotopic (exact) mass is 285 g/mol. The first kappa shape index (κ1) is 21.0. The second-order valence-electron chi connectivity index (χ2n) is 3.20. The highest BCUT2D eigenvalue weighted by Crippen LogP contribution is 1.99. The number of aryl methyl sites for hydroxylation is 1. The SMILES string of the molecule is Cc1cncc(/C=C/C[C@H](C)N)n1.Cl.Cl.Cl. The molecule has 0 unspecified atom stereocenters. The van der Waals surface area contributed by atoms with Gasteiger partial charge in [-0.15, -0.1) is 37.2 Å². The zero-order chi connectivity index (χ0) is 9.68. The summed E-state index contributed by atoms with van der Waals surface area (Å²) in [5.74, 6) is 0. The molecular weight excluding hydrogens is 268 g/mol. The second-order valence-corrected chi connectivity index (χ2v) is 3.20. The predicted molar refractivity (Wildman–Crippen MR) is 75.8 cm³/mol. The van der Waals surface area contributed by atoms with E-state index in [1.54, 1.807) is 12.4 Å². The highest BCUT2D eigenvalue weighted by atomic mass is 35.5. The molecule has 1 aromatic heterocycles. The molecule has 0 aliphatic heterocycles. The van der Waals surface area contributed by atoms with Gasteiger partial charge in [0.25, 0.3) is 0 Å². The van der Waals surface area contributed by atoms with Crippen LogP contribution in [-0.2, 0) is 0 Å². The number of hydrogen-bond acceptors (Lipinski definition) is 3. The van der Waals surface area contributed by atoms with Crippen molar-refractivity contribution in [1.29, 1.82) is 0 Å². The van der Waals surface area contributed by atoms with Crippen molar-refractivity contribution in [3.63, 3.8) is 0 Å². The van der Waals surface area contributed by atoms with Crippen molar-refractivity contribution in [2.75, 3.05) is 0 Å². The Labute approximate surface area is 115 Å². The number of hydrogen-bond donors (Lipinski definition) is 1. The predicted octanol–water partition coefficient (Wildman–Crippen LogP) is 2.80. The number of nitrogens with zero attached hydrogens (tertiary/aromatic N) is 2. The Morgan fingerprint density at radius 1 is 1.31 bits per heavy atom. The van der Waals surface area contributed by atoms with Crippen LogP contribution in [0.5, 0.6) is 0 Å². The first-order valence-corrected chi connectivity index (χ1v) is 4.39. The highest BCUT2D eigenvalue weighted by Gasteiger charge is 1.91. The summed E-state index contributed by atoms with van der Waals surface area (Å²) in [7, 11) is 0. The summed E-state index contributed by atoms with van der Waals surface area (Å²) < 4.78 is 0. The van der Waals surface area contributed by atoms with Gasteiger partial charge in [0, 0.05) is 12.2 Å². The summed E-state index contributed by atoms with van der Waals surface area (Å²) in [6.07, 6.45) is 8.32. The third-order valence-electron chi connectivity index (χ3n) is 1.57. The van der Waals surface area contributed by atoms with Crippen molar-refractivity contribution >= 4 is 43.3 Å². The minimum Gasteiger partial charge on any atom is -0.328 e. The highest BCUT2D eigenvalue weighted by molar-refractivity contribution is 5.86. The van der Waals surface area contributed by atoms with Crippen LogP contribution in [-0.4, -0.2) is 16.0 Å². The van der Waals surface area contributed by atoms with Gasteiger partial charge in [0.2, 0.25) is 0 Å². The Morgan fingerprint density at radius 2 is 1.94 bits per heavy atom. The van der Waals surface area contributed by atoms with Crippen LogP contribution in [0.4, 0.5) is 0 Å². The van der Waals surface area contributed by atoms with E-state index in [2.05, 4.69) is 9.97 Å². The van der Waals surface area contributed by atoms with Crippen LogP contribution >= 0.6 is 37.2 Å². The molecule has 3 nitrogen and oxygen atoms in total. The van der Waals surface area contributed by atoms with Crippen LogP contribution in [0.25, 0.3) is 6.08 Å². The van der Waals surface area contributed by atoms with E-state index in [-0.39, 0.29) is 43.3 Å². The molecule has 1 atom stereocenters. The summed E-state index contributed by atoms with van der Waals surface area (Å²) in [6, 6.07) is 0.203. The fourth-order valence-electron chi connectivity index (χ4n) is 0.967. The van der Waals surface area contributed by atoms with E-state index in [0.717, 1.165) is 17.8 Å². The van der Waals surface area contributed by atoms with Crippen molar-refractivity contribution in [3.8, 4) is 0 Å². The molecule has 0 radical (unpaired) electrons. The zero-order valence-corrected chi connectivity index (χ0v) is 11.7. The normalized spacial score (nSPS) is 10.9. The lowest BCUT2D eigenvalue weighted by Crippen LogP contribution is -2.12. The number of rotatable bonds is 3. The molecule has 0 aliphatic carbocycles. The van der Waals surface area contributed by atoms with E-state index in [1.165, 1.54) is 0 Å². The molecule has 1 rings (SSSR count). The minimum atomic E-state index is 0. The molecule has 1 aromatic rings. The molecule has 1 heterocycles. The topological polar surface area (TPSA) is 51.8 Å². The van der Waals surface area contributed by atoms with Gasteiger partial charge in [-0.25, -0.2) is 0 Å². The first-order chi connectivity index (χ1) is 6.18. The van der Waals surface area contributed by atoms with Crippen molar-refractivity contribution in [1.82, 2.24) is 9.97 Å². The molecule has 0 amide bonds. The molecule has 0 aromatic carbocycles. The van der Waals surface area contributed by atoms with Crippen molar-refractivity contribution in [2.45, 2.75) is 26.3 Å². The third-order valence-corrected chi connectivity index (χ3v) is 1.57. The van der Waals surface area contributed by atoms with E-state index in [9.17, 15) is 0 Å². The summed E-state index contributed by atoms with van der Waals surface area (Å²) in [6.45, 7) is 3.90. The lowest BCUT2D eigenvalue weighted by atomic mass is 10.2. The molecular formula is C10H18Cl3N3. The molecule has 0 aliphatic rings. The Kier molecular flexibility index (Phi) is 14.6. The molecule has 0 bridgehead atoms. The first-order valence-electron chi connectivity index (χ1n) is 4.39. The Balaban J connectivity index is -0.000000563. The molecule has 2 N–H and O–H groups in total. The Morgan fingerprint density at radius 3 is 2.44 bits per heavy atom. The number of aromatic nitrogens is 2. The van der Waals surface area contributed by atoms with E-state index in [0.29, 0.717) is 0 Å². The molecule has 0 fully saturated rings. The second kappa shape index (κ2) is 11.1. The van der Waals surface area contributed by atoms with Crippen LogP contribution in [0.15, 0.2) is 18.5 Å². The molecule has 6 heteroatoms. The summed E-state index contributed by atoms with van der Waals surface area (Å²) in [5.41, 5.74) is 7.42. The van der Waals surface area contributed by atoms with Crippen LogP contribution < -0.4 is 5.73 Å². The van der Waals surface area contributed by atoms with Gasteiger partial charge < -0.3 is 5.73 Å². The average Bonchev–Trinajstić information content (AvgIpc) is 2.03. The van der Waals surface area contributed by atoms with Gasteiger partial charge in [-0.3, -0.25) is 9.97 Å². The summed E-state index contributed by atoms with van der Waals surface area (Å²) >= 11 is 0. The lowest BCUT2D eigenvalue weighted by molar-refractivity contribution is 0.759. The van der Waals surface area contributed by atoms with Crippen molar-refractivity contribution < 1.29 is 0 Å². The molecule has 0 saturated carbocycles. The number of nitrogens with two attached hydrogens (primary N) is 1. The molecule has 0 spiro atoms. The lowest BCUT2D eigenvalue weighted by Gasteiger charge is -1.97. The van der Waals surface area contributed by atoms with Crippen LogP contribution in [0, 0.1) is 6.92 Å². The quantitative estimate of drug-likeness (QED) is 0.929. The maximum atomic E-state index is 5.60. The van der Waals surface area contributed by atoms with Crippen molar-refractivity contribution in [2.24, 2.45) is 5.73 Å². The Bertz CT molecular complexity index is 303. The van der Waals surface area contributed by atoms with Gasteiger partial charge in [0.05, 0.1) is 17.6 Å². The fourth-order valence-corrected chi connectivity index (χ4v) is 0.967. The van der Waals surface area contributed by atoms with E-state index < -0.39 is 0 Å². The average molecular weight is 287 g/mol. The summed E-state index contributed by atoms with van der Waals surface area (Å²) in [5, 5.41) is 0. The van der Waals surface area contributed by atoms with Gasteiger partial charge in [-0.1, -0.05) is 6.08 Å². The Hall–Kier alpha value is -0.350. The maximum Gasteiger partial charge on any atom is 0.0812 e. The van der Waals surface area contributed by atoms with E-state index in [1.807, 2.05) is 26.0 Å². The van der Waals surface area contributed by atoms with Crippen LogP contribution in [0.1, 0.15) is 24.7 Å². The van der Waals surface area contributed by atoms with Gasteiger partial charge >= 0.3 is 0 Å². The molecule has 94 valence electrons. The van der Waals surface area contributed by atoms with E-state index in [4.69, 9.17) is 5.73 Å². The van der Waals surface area contributed by atoms with Crippen LogP contribution in [0.3, 0.4) is 0 Å². The summed E-state index contributed by atoms with van der Waals surface area (Å²) in [4.78, 5) is 8.32. The largest absolute Gasteiger partial charge is 0.328 e. The molecule has 0 saturated heterocycles. The fraction of sp³-hybridized carbons (Fsp3) is 0.400. The molecule has 16 heavy (non-hydrogen) atoms. The van der Waals surface area contributed by atoms with Crippen molar-refractivity contribution in [3.05, 3.63) is 29.9 Å². The zero-order valence-electron chi connectivity index (χ0n) is 9.29. The smallest absolute Gasteiger partial charge is 0.0812 e. The minimum absolute atomic E-state index is 0. The maximum absolute atomic E-state index is 5.60. The number of halogens is 3.